The zero-order valence-corrected chi connectivity index (χ0v) is 18.9. The molecule has 1 heterocycles. The Labute approximate surface area is 192 Å². The van der Waals surface area contributed by atoms with E-state index in [1.807, 2.05) is 18.5 Å². The Balaban J connectivity index is 1.79. The molecule has 1 fully saturated rings. The molecular formula is C27H28N4O2. The van der Waals surface area contributed by atoms with Crippen molar-refractivity contribution in [2.24, 2.45) is 12.8 Å². The Morgan fingerprint density at radius 1 is 1.12 bits per heavy atom. The molecule has 5 rings (SSSR count). The van der Waals surface area contributed by atoms with Crippen LogP contribution < -0.4 is 11.1 Å². The normalized spacial score (nSPS) is 13.4. The highest BCUT2D eigenvalue weighted by Gasteiger charge is 2.30. The number of nitrogens with one attached hydrogen (secondary N) is 2. The Morgan fingerprint density at radius 3 is 2.61 bits per heavy atom. The number of hydrogen-bond donors (Lipinski definition) is 3. The second-order valence-corrected chi connectivity index (χ2v) is 8.63. The van der Waals surface area contributed by atoms with Crippen LogP contribution in [0.4, 0.5) is 0 Å². The van der Waals surface area contributed by atoms with Crippen LogP contribution in [0.2, 0.25) is 0 Å². The summed E-state index contributed by atoms with van der Waals surface area (Å²) >= 11 is 0. The van der Waals surface area contributed by atoms with E-state index >= 15 is 0 Å². The molecule has 1 aliphatic rings. The molecule has 6 heteroatoms. The second-order valence-electron chi connectivity index (χ2n) is 8.63. The smallest absolute Gasteiger partial charge is 0.340 e. The number of fused-ring (bicyclic) bond motifs is 2. The summed E-state index contributed by atoms with van der Waals surface area (Å²) in [5.41, 5.74) is 11.5. The topological polar surface area (TPSA) is 93.1 Å². The maximum absolute atomic E-state index is 13.0. The number of esters is 1. The number of aryl methyl sites for hydroxylation is 1. The summed E-state index contributed by atoms with van der Waals surface area (Å²) in [6.45, 7) is 2.39. The van der Waals surface area contributed by atoms with E-state index in [9.17, 15) is 4.79 Å². The number of carbonyl (C=O) groups is 1. The predicted molar refractivity (Wildman–Crippen MR) is 133 cm³/mol. The molecule has 0 radical (unpaired) electrons. The molecule has 1 aromatic heterocycles. The first-order valence-electron chi connectivity index (χ1n) is 11.4. The van der Waals surface area contributed by atoms with E-state index < -0.39 is 0 Å². The number of hydrogen-bond acceptors (Lipinski definition) is 3. The van der Waals surface area contributed by atoms with Crippen LogP contribution in [0.3, 0.4) is 0 Å². The third kappa shape index (κ3) is 3.71. The van der Waals surface area contributed by atoms with Crippen LogP contribution in [-0.2, 0) is 18.3 Å². The van der Waals surface area contributed by atoms with Gasteiger partial charge in [0, 0.05) is 18.0 Å². The molecule has 6 nitrogen and oxygen atoms in total. The van der Waals surface area contributed by atoms with E-state index in [2.05, 4.69) is 59.9 Å². The second kappa shape index (κ2) is 8.28. The molecule has 1 aliphatic carbocycles. The highest BCUT2D eigenvalue weighted by atomic mass is 16.5. The lowest BCUT2D eigenvalue weighted by molar-refractivity contribution is 0.0527. The summed E-state index contributed by atoms with van der Waals surface area (Å²) in [6.07, 6.45) is 2.31. The summed E-state index contributed by atoms with van der Waals surface area (Å²) < 4.78 is 7.44. The van der Waals surface area contributed by atoms with Gasteiger partial charge in [-0.1, -0.05) is 42.5 Å². The summed E-state index contributed by atoms with van der Waals surface area (Å²) in [4.78, 5) is 13.0. The van der Waals surface area contributed by atoms with Gasteiger partial charge >= 0.3 is 5.97 Å². The average molecular weight is 441 g/mol. The van der Waals surface area contributed by atoms with E-state index in [1.54, 1.807) is 0 Å². The largest absolute Gasteiger partial charge is 0.462 e. The van der Waals surface area contributed by atoms with Crippen LogP contribution >= 0.6 is 0 Å². The quantitative estimate of drug-likeness (QED) is 0.223. The van der Waals surface area contributed by atoms with E-state index in [-0.39, 0.29) is 18.5 Å². The molecule has 0 saturated heterocycles. The van der Waals surface area contributed by atoms with Crippen molar-refractivity contribution in [3.8, 4) is 11.1 Å². The number of rotatable bonds is 6. The lowest BCUT2D eigenvalue weighted by atomic mass is 9.91. The average Bonchev–Trinajstić information content (AvgIpc) is 3.62. The molecule has 4 aromatic rings. The Bertz CT molecular complexity index is 1390. The van der Waals surface area contributed by atoms with Crippen LogP contribution in [0.25, 0.3) is 32.8 Å². The van der Waals surface area contributed by atoms with E-state index in [0.29, 0.717) is 18.1 Å². The zero-order valence-electron chi connectivity index (χ0n) is 18.9. The van der Waals surface area contributed by atoms with Gasteiger partial charge in [-0.3, -0.25) is 5.41 Å². The van der Waals surface area contributed by atoms with Gasteiger partial charge in [0.25, 0.3) is 0 Å². The highest BCUT2D eigenvalue weighted by molar-refractivity contribution is 6.08. The molecule has 0 bridgehead atoms. The van der Waals surface area contributed by atoms with E-state index in [0.717, 1.165) is 29.4 Å². The van der Waals surface area contributed by atoms with E-state index in [4.69, 9.17) is 15.9 Å². The number of nitrogens with zero attached hydrogens (tertiary/aromatic N) is 1. The molecule has 0 spiro atoms. The van der Waals surface area contributed by atoms with Gasteiger partial charge < -0.3 is 20.4 Å². The van der Waals surface area contributed by atoms with Crippen molar-refractivity contribution in [3.63, 3.8) is 0 Å². The first-order chi connectivity index (χ1) is 16.0. The SMILES string of the molecule is CCOC(=O)c1c(CNC(=N)N)n(C)c2cc(-c3cccc4ccccc34)c(C3CC3)cc12. The number of carbonyl (C=O) groups excluding carboxylic acids is 1. The van der Waals surface area contributed by atoms with Gasteiger partial charge in [-0.25, -0.2) is 4.79 Å². The number of guanidine groups is 1. The first-order valence-corrected chi connectivity index (χ1v) is 11.4. The number of aromatic nitrogens is 1. The lowest BCUT2D eigenvalue weighted by Crippen LogP contribution is -2.31. The molecule has 0 unspecified atom stereocenters. The van der Waals surface area contributed by atoms with Gasteiger partial charge in [-0.15, -0.1) is 0 Å². The molecule has 33 heavy (non-hydrogen) atoms. The van der Waals surface area contributed by atoms with Crippen molar-refractivity contribution in [1.82, 2.24) is 9.88 Å². The summed E-state index contributed by atoms with van der Waals surface area (Å²) in [5, 5.41) is 13.7. The van der Waals surface area contributed by atoms with Crippen molar-refractivity contribution in [3.05, 3.63) is 71.4 Å². The number of nitrogens with two attached hydrogens (primary N) is 1. The number of ether oxygens (including phenoxy) is 1. The summed E-state index contributed by atoms with van der Waals surface area (Å²) in [5.74, 6) is 0.0192. The first kappa shape index (κ1) is 21.1. The van der Waals surface area contributed by atoms with Crippen LogP contribution in [-0.4, -0.2) is 23.1 Å². The Morgan fingerprint density at radius 2 is 1.88 bits per heavy atom. The third-order valence-corrected chi connectivity index (χ3v) is 6.51. The van der Waals surface area contributed by atoms with Crippen molar-refractivity contribution >= 4 is 33.6 Å². The maximum atomic E-state index is 13.0. The molecule has 4 N–H and O–H groups in total. The van der Waals surface area contributed by atoms with Gasteiger partial charge in [0.15, 0.2) is 5.96 Å². The maximum Gasteiger partial charge on any atom is 0.340 e. The molecule has 1 saturated carbocycles. The summed E-state index contributed by atoms with van der Waals surface area (Å²) in [6, 6.07) is 19.3. The van der Waals surface area contributed by atoms with Gasteiger partial charge in [-0.05, 0) is 65.3 Å². The minimum absolute atomic E-state index is 0.134. The fourth-order valence-electron chi connectivity index (χ4n) is 4.79. The lowest BCUT2D eigenvalue weighted by Gasteiger charge is -2.14. The third-order valence-electron chi connectivity index (χ3n) is 6.51. The molecule has 0 amide bonds. The van der Waals surface area contributed by atoms with Crippen molar-refractivity contribution in [1.29, 1.82) is 5.41 Å². The monoisotopic (exact) mass is 440 g/mol. The van der Waals surface area contributed by atoms with Crippen LogP contribution in [0.1, 0.15) is 47.3 Å². The minimum Gasteiger partial charge on any atom is -0.462 e. The van der Waals surface area contributed by atoms with Gasteiger partial charge in [-0.2, -0.15) is 0 Å². The summed E-state index contributed by atoms with van der Waals surface area (Å²) in [7, 11) is 1.95. The van der Waals surface area contributed by atoms with Gasteiger partial charge in [0.2, 0.25) is 0 Å². The fourth-order valence-corrected chi connectivity index (χ4v) is 4.79. The van der Waals surface area contributed by atoms with Crippen LogP contribution in [0.15, 0.2) is 54.6 Å². The standard InChI is InChI=1S/C27H28N4O2/c1-3-33-26(32)25-22-13-20(17-11-12-17)21(14-23(22)31(2)24(25)15-30-27(28)29)19-10-6-8-16-7-4-5-9-18(16)19/h4-10,13-14,17H,3,11-12,15H2,1-2H3,(H4,28,29,30). The van der Waals surface area contributed by atoms with E-state index in [1.165, 1.54) is 27.5 Å². The van der Waals surface area contributed by atoms with Gasteiger partial charge in [0.1, 0.15) is 0 Å². The van der Waals surface area contributed by atoms with Crippen LogP contribution in [0, 0.1) is 5.41 Å². The zero-order chi connectivity index (χ0) is 23.1. The number of benzene rings is 3. The van der Waals surface area contributed by atoms with Crippen LogP contribution in [0.5, 0.6) is 0 Å². The van der Waals surface area contributed by atoms with Gasteiger partial charge in [0.05, 0.1) is 24.4 Å². The Hall–Kier alpha value is -3.80. The molecule has 3 aromatic carbocycles. The predicted octanol–water partition coefficient (Wildman–Crippen LogP) is 5.04. The molecule has 0 aliphatic heterocycles. The van der Waals surface area contributed by atoms with Crippen molar-refractivity contribution in [2.45, 2.75) is 32.2 Å². The van der Waals surface area contributed by atoms with Crippen molar-refractivity contribution < 1.29 is 9.53 Å². The van der Waals surface area contributed by atoms with Crippen molar-refractivity contribution in [2.75, 3.05) is 6.61 Å². The molecule has 0 atom stereocenters. The highest BCUT2D eigenvalue weighted by Crippen LogP contribution is 2.47. The minimum atomic E-state index is -0.344. The molecular weight excluding hydrogens is 412 g/mol. The fraction of sp³-hybridized carbons (Fsp3) is 0.259. The Kier molecular flexibility index (Phi) is 5.29. The molecule has 168 valence electrons.